The van der Waals surface area contributed by atoms with Gasteiger partial charge in [0.15, 0.2) is 0 Å². The van der Waals surface area contributed by atoms with E-state index in [0.29, 0.717) is 0 Å². The molecule has 1 fully saturated rings. The van der Waals surface area contributed by atoms with Gasteiger partial charge in [-0.1, -0.05) is 117 Å². The van der Waals surface area contributed by atoms with Crippen molar-refractivity contribution in [2.24, 2.45) is 5.92 Å². The summed E-state index contributed by atoms with van der Waals surface area (Å²) < 4.78 is 20.2. The smallest absolute Gasteiger partial charge is 0.0795 e. The van der Waals surface area contributed by atoms with Gasteiger partial charge in [0.05, 0.1) is 8.07 Å². The number of hydrogen-bond donors (Lipinski definition) is 0. The first-order chi connectivity index (χ1) is 24.2. The summed E-state index contributed by atoms with van der Waals surface area (Å²) in [7, 11) is -1.23. The predicted molar refractivity (Wildman–Crippen MR) is 209 cm³/mol. The van der Waals surface area contributed by atoms with Gasteiger partial charge in [-0.2, -0.15) is 11.3 Å². The van der Waals surface area contributed by atoms with Gasteiger partial charge in [-0.05, 0) is 68.3 Å². The number of benzene rings is 4. The van der Waals surface area contributed by atoms with Gasteiger partial charge in [0.1, 0.15) is 0 Å². The van der Waals surface area contributed by atoms with Crippen LogP contribution in [0.25, 0.3) is 53.8 Å². The molecule has 1 saturated carbocycles. The fourth-order valence-electron chi connectivity index (χ4n) is 6.43. The number of hydrogen-bond acceptors (Lipinski definition) is 3. The third kappa shape index (κ3) is 8.36. The van der Waals surface area contributed by atoms with Crippen LogP contribution in [0.5, 0.6) is 0 Å². The van der Waals surface area contributed by atoms with Crippen LogP contribution >= 0.6 is 11.3 Å². The zero-order valence-electron chi connectivity index (χ0n) is 30.3. The molecule has 2 nitrogen and oxygen atoms in total. The van der Waals surface area contributed by atoms with Crippen molar-refractivity contribution in [1.29, 1.82) is 0 Å². The average Bonchev–Trinajstić information content (AvgIpc) is 3.54. The largest absolute Gasteiger partial charge is 0.305 e. The number of rotatable bonds is 6. The van der Waals surface area contributed by atoms with E-state index in [-0.39, 0.29) is 26.0 Å². The van der Waals surface area contributed by atoms with Crippen molar-refractivity contribution in [3.8, 4) is 33.6 Å². The summed E-state index contributed by atoms with van der Waals surface area (Å²) in [5.41, 5.74) is 6.99. The maximum Gasteiger partial charge on any atom is 0.0795 e. The van der Waals surface area contributed by atoms with E-state index in [0.717, 1.165) is 58.5 Å². The van der Waals surface area contributed by atoms with Crippen molar-refractivity contribution in [3.05, 3.63) is 139 Å². The SMILES string of the molecule is C[Si](C)(C)c1ccc(-c2[c-]cccc2)nc1.[2H]C([2H])(c1ccnc(-c2[c-]ccc3c2sc2ccc(-c4ccccc4)cc23)c1)C1CCCCC1.[Ir]. The van der Waals surface area contributed by atoms with Crippen molar-refractivity contribution in [2.75, 3.05) is 0 Å². The minimum Gasteiger partial charge on any atom is -0.305 e. The molecule has 0 aliphatic heterocycles. The normalized spacial score (nSPS) is 14.3. The van der Waals surface area contributed by atoms with Gasteiger partial charge < -0.3 is 9.97 Å². The zero-order valence-corrected chi connectivity index (χ0v) is 32.5. The Morgan fingerprint density at radius 2 is 1.57 bits per heavy atom. The van der Waals surface area contributed by atoms with Crippen molar-refractivity contribution in [2.45, 2.75) is 58.1 Å². The van der Waals surface area contributed by atoms with Crippen LogP contribution in [0.3, 0.4) is 0 Å². The number of nitrogens with zero attached hydrogens (tertiary/aromatic N) is 2. The summed E-state index contributed by atoms with van der Waals surface area (Å²) in [6.45, 7) is 7.00. The van der Waals surface area contributed by atoms with Crippen molar-refractivity contribution >= 4 is 44.8 Å². The van der Waals surface area contributed by atoms with E-state index in [1.54, 1.807) is 17.5 Å². The van der Waals surface area contributed by atoms with E-state index in [9.17, 15) is 0 Å². The summed E-state index contributed by atoms with van der Waals surface area (Å²) in [6, 6.07) is 43.9. The van der Waals surface area contributed by atoms with Crippen LogP contribution in [0.2, 0.25) is 19.6 Å². The summed E-state index contributed by atoms with van der Waals surface area (Å²) in [4.78, 5) is 9.18. The molecule has 249 valence electrons. The molecule has 1 aliphatic carbocycles. The summed E-state index contributed by atoms with van der Waals surface area (Å²) in [5.74, 6) is 0.0806. The summed E-state index contributed by atoms with van der Waals surface area (Å²) in [5, 5.41) is 3.84. The maximum atomic E-state index is 8.91. The molecular weight excluding hydrogens is 809 g/mol. The van der Waals surface area contributed by atoms with Crippen LogP contribution < -0.4 is 5.19 Å². The topological polar surface area (TPSA) is 25.8 Å². The van der Waals surface area contributed by atoms with Crippen LogP contribution in [0.1, 0.15) is 40.4 Å². The second-order valence-electron chi connectivity index (χ2n) is 13.6. The third-order valence-electron chi connectivity index (χ3n) is 9.14. The van der Waals surface area contributed by atoms with Crippen molar-refractivity contribution in [3.63, 3.8) is 0 Å². The minimum absolute atomic E-state index is 0. The Labute approximate surface area is 312 Å². The second kappa shape index (κ2) is 15.9. The number of pyridine rings is 2. The standard InChI is InChI=1S/C30H26NS.C14H16NSi.Ir/c1-3-8-21(9-4-1)18-22-16-17-31-28(19-22)26-13-7-12-25-27-20-24(23-10-5-2-6-11-23)14-15-29(27)32-30(25)26;1-16(2,3)13-9-10-14(15-11-13)12-7-5-4-6-8-12;/h2,5-7,10-12,14-17,19-21H,1,3-4,8-9,18H2;4-7,9-11H,1-3H3;/q2*-1;/i18D2;;. The molecule has 1 radical (unpaired) electrons. The molecule has 0 atom stereocenters. The van der Waals surface area contributed by atoms with Crippen LogP contribution in [-0.4, -0.2) is 18.0 Å². The molecule has 5 heteroatoms. The van der Waals surface area contributed by atoms with Crippen LogP contribution in [0, 0.1) is 18.1 Å². The minimum atomic E-state index is -1.34. The molecule has 0 amide bonds. The van der Waals surface area contributed by atoms with Crippen LogP contribution in [-0.2, 0) is 26.5 Å². The average molecular weight is 853 g/mol. The van der Waals surface area contributed by atoms with Gasteiger partial charge in [0.2, 0.25) is 0 Å². The Balaban J connectivity index is 0.000000222. The van der Waals surface area contributed by atoms with Crippen molar-refractivity contribution < 1.29 is 22.8 Å². The Morgan fingerprint density at radius 1 is 0.755 bits per heavy atom. The molecule has 0 spiro atoms. The Morgan fingerprint density at radius 3 is 2.31 bits per heavy atom. The van der Waals surface area contributed by atoms with E-state index in [1.165, 1.54) is 38.2 Å². The number of fused-ring (bicyclic) bond motifs is 3. The van der Waals surface area contributed by atoms with E-state index in [2.05, 4.69) is 102 Å². The Hall–Kier alpha value is -3.73. The van der Waals surface area contributed by atoms with Gasteiger partial charge >= 0.3 is 0 Å². The first kappa shape index (κ1) is 32.5. The molecule has 7 aromatic rings. The maximum absolute atomic E-state index is 8.91. The molecule has 0 unspecified atom stereocenters. The van der Waals surface area contributed by atoms with Crippen LogP contribution in [0.15, 0.2) is 122 Å². The molecule has 49 heavy (non-hydrogen) atoms. The van der Waals surface area contributed by atoms with E-state index in [4.69, 9.17) is 2.74 Å². The zero-order chi connectivity index (χ0) is 34.7. The predicted octanol–water partition coefficient (Wildman–Crippen LogP) is 11.8. The number of aromatic nitrogens is 2. The van der Waals surface area contributed by atoms with Gasteiger partial charge in [-0.25, -0.2) is 0 Å². The second-order valence-corrected chi connectivity index (χ2v) is 19.8. The molecule has 3 aromatic heterocycles. The first-order valence-corrected chi connectivity index (χ1v) is 21.3. The molecule has 1 aliphatic rings. The number of thiophene rings is 1. The van der Waals surface area contributed by atoms with Gasteiger partial charge in [0.25, 0.3) is 0 Å². The fourth-order valence-corrected chi connectivity index (χ4v) is 8.65. The Kier molecular flexibility index (Phi) is 10.5. The quantitative estimate of drug-likeness (QED) is 0.123. The van der Waals surface area contributed by atoms with Gasteiger partial charge in [-0.3, -0.25) is 0 Å². The monoisotopic (exact) mass is 853 g/mol. The molecule has 0 N–H and O–H groups in total. The van der Waals surface area contributed by atoms with Gasteiger partial charge in [0, 0.05) is 39.9 Å². The molecule has 4 aromatic carbocycles. The fraction of sp³-hybridized carbons (Fsp3) is 0.227. The molecular formula is C44H42IrN2SSi-2. The first-order valence-electron chi connectivity index (χ1n) is 18.0. The van der Waals surface area contributed by atoms with Crippen molar-refractivity contribution in [1.82, 2.24) is 9.97 Å². The molecule has 8 rings (SSSR count). The van der Waals surface area contributed by atoms with Crippen LogP contribution in [0.4, 0.5) is 0 Å². The molecule has 3 heterocycles. The molecule has 0 saturated heterocycles. The summed E-state index contributed by atoms with van der Waals surface area (Å²) in [6.07, 6.45) is 7.85. The van der Waals surface area contributed by atoms with E-state index < -0.39 is 14.4 Å². The van der Waals surface area contributed by atoms with E-state index in [1.807, 2.05) is 54.7 Å². The molecule has 0 bridgehead atoms. The third-order valence-corrected chi connectivity index (χ3v) is 12.4. The van der Waals surface area contributed by atoms with Gasteiger partial charge in [-0.15, -0.1) is 59.7 Å². The summed E-state index contributed by atoms with van der Waals surface area (Å²) >= 11 is 1.76. The van der Waals surface area contributed by atoms with E-state index >= 15 is 0 Å². The Bertz CT molecular complexity index is 2210.